The van der Waals surface area contributed by atoms with Crippen molar-refractivity contribution >= 4 is 11.9 Å². The number of aliphatic carboxylic acids is 1. The first-order chi connectivity index (χ1) is 8.47. The summed E-state index contributed by atoms with van der Waals surface area (Å²) in [5, 5.41) is 8.87. The maximum absolute atomic E-state index is 12.4. The highest BCUT2D eigenvalue weighted by atomic mass is 16.5. The normalized spacial score (nSPS) is 23.5. The molecule has 1 N–H and O–H groups in total. The SMILES string of the molecule is CCC(C)C(C)C(=O)N1CCOCC1CC(=O)O. The van der Waals surface area contributed by atoms with Crippen LogP contribution in [0.2, 0.25) is 0 Å². The van der Waals surface area contributed by atoms with Crippen molar-refractivity contribution < 1.29 is 19.4 Å². The van der Waals surface area contributed by atoms with Crippen LogP contribution in [0.4, 0.5) is 0 Å². The van der Waals surface area contributed by atoms with Crippen LogP contribution in [-0.2, 0) is 14.3 Å². The average Bonchev–Trinajstić information content (AvgIpc) is 2.36. The van der Waals surface area contributed by atoms with Crippen molar-refractivity contribution in [2.24, 2.45) is 11.8 Å². The van der Waals surface area contributed by atoms with E-state index in [0.29, 0.717) is 25.7 Å². The fourth-order valence-electron chi connectivity index (χ4n) is 2.17. The van der Waals surface area contributed by atoms with Crippen LogP contribution in [0.3, 0.4) is 0 Å². The van der Waals surface area contributed by atoms with Crippen molar-refractivity contribution in [2.45, 2.75) is 39.7 Å². The second-order valence-corrected chi connectivity index (χ2v) is 5.03. The van der Waals surface area contributed by atoms with E-state index in [2.05, 4.69) is 13.8 Å². The van der Waals surface area contributed by atoms with E-state index in [9.17, 15) is 9.59 Å². The van der Waals surface area contributed by atoms with Gasteiger partial charge in [0, 0.05) is 12.5 Å². The number of rotatable bonds is 5. The number of carbonyl (C=O) groups is 2. The summed E-state index contributed by atoms with van der Waals surface area (Å²) in [4.78, 5) is 24.9. The van der Waals surface area contributed by atoms with Gasteiger partial charge in [-0.05, 0) is 5.92 Å². The highest BCUT2D eigenvalue weighted by molar-refractivity contribution is 5.80. The monoisotopic (exact) mass is 257 g/mol. The van der Waals surface area contributed by atoms with Gasteiger partial charge in [0.2, 0.25) is 5.91 Å². The third-order valence-electron chi connectivity index (χ3n) is 3.81. The molecule has 1 aliphatic rings. The molecule has 5 nitrogen and oxygen atoms in total. The Bertz CT molecular complexity index is 305. The van der Waals surface area contributed by atoms with Gasteiger partial charge in [0.15, 0.2) is 0 Å². The molecule has 5 heteroatoms. The smallest absolute Gasteiger partial charge is 0.305 e. The van der Waals surface area contributed by atoms with Crippen LogP contribution >= 0.6 is 0 Å². The highest BCUT2D eigenvalue weighted by Crippen LogP contribution is 2.21. The van der Waals surface area contributed by atoms with Gasteiger partial charge in [-0.3, -0.25) is 9.59 Å². The molecule has 104 valence electrons. The Morgan fingerprint density at radius 2 is 2.11 bits per heavy atom. The van der Waals surface area contributed by atoms with E-state index < -0.39 is 5.97 Å². The summed E-state index contributed by atoms with van der Waals surface area (Å²) in [7, 11) is 0. The van der Waals surface area contributed by atoms with Crippen LogP contribution in [-0.4, -0.2) is 47.7 Å². The Morgan fingerprint density at radius 1 is 1.44 bits per heavy atom. The minimum absolute atomic E-state index is 0.0427. The average molecular weight is 257 g/mol. The molecule has 1 fully saturated rings. The molecule has 1 aliphatic heterocycles. The van der Waals surface area contributed by atoms with Gasteiger partial charge < -0.3 is 14.7 Å². The summed E-state index contributed by atoms with van der Waals surface area (Å²) >= 11 is 0. The van der Waals surface area contributed by atoms with Gasteiger partial charge in [0.1, 0.15) is 0 Å². The number of amides is 1. The molecule has 1 amide bonds. The molecule has 18 heavy (non-hydrogen) atoms. The Kier molecular flexibility index (Phi) is 5.59. The Morgan fingerprint density at radius 3 is 2.67 bits per heavy atom. The number of ether oxygens (including phenoxy) is 1. The third kappa shape index (κ3) is 3.70. The van der Waals surface area contributed by atoms with E-state index >= 15 is 0 Å². The number of carboxylic acid groups (broad SMARTS) is 1. The van der Waals surface area contributed by atoms with Crippen LogP contribution in [0.1, 0.15) is 33.6 Å². The van der Waals surface area contributed by atoms with E-state index in [0.717, 1.165) is 6.42 Å². The molecule has 0 aliphatic carbocycles. The number of hydrogen-bond donors (Lipinski definition) is 1. The zero-order valence-corrected chi connectivity index (χ0v) is 11.4. The number of hydrogen-bond acceptors (Lipinski definition) is 3. The summed E-state index contributed by atoms with van der Waals surface area (Å²) in [5.74, 6) is -0.589. The Balaban J connectivity index is 2.70. The lowest BCUT2D eigenvalue weighted by atomic mass is 9.91. The molecular formula is C13H23NO4. The lowest BCUT2D eigenvalue weighted by molar-refractivity contribution is -0.149. The molecule has 1 heterocycles. The van der Waals surface area contributed by atoms with Gasteiger partial charge in [-0.1, -0.05) is 27.2 Å². The van der Waals surface area contributed by atoms with Gasteiger partial charge in [-0.15, -0.1) is 0 Å². The molecule has 3 atom stereocenters. The maximum atomic E-state index is 12.4. The maximum Gasteiger partial charge on any atom is 0.305 e. The van der Waals surface area contributed by atoms with Gasteiger partial charge in [0.25, 0.3) is 0 Å². The van der Waals surface area contributed by atoms with Crippen LogP contribution in [0, 0.1) is 11.8 Å². The molecule has 0 aromatic rings. The van der Waals surface area contributed by atoms with Crippen molar-refractivity contribution in [2.75, 3.05) is 19.8 Å². The van der Waals surface area contributed by atoms with Crippen molar-refractivity contribution in [1.82, 2.24) is 4.90 Å². The van der Waals surface area contributed by atoms with Gasteiger partial charge in [0.05, 0.1) is 25.7 Å². The number of carboxylic acids is 1. The Hall–Kier alpha value is -1.10. The van der Waals surface area contributed by atoms with Crippen molar-refractivity contribution in [3.63, 3.8) is 0 Å². The van der Waals surface area contributed by atoms with Crippen molar-refractivity contribution in [1.29, 1.82) is 0 Å². The topological polar surface area (TPSA) is 66.8 Å². The quantitative estimate of drug-likeness (QED) is 0.807. The first-order valence-corrected chi connectivity index (χ1v) is 6.57. The van der Waals surface area contributed by atoms with E-state index in [1.54, 1.807) is 4.90 Å². The molecular weight excluding hydrogens is 234 g/mol. The summed E-state index contributed by atoms with van der Waals surface area (Å²) in [6.45, 7) is 7.35. The molecule has 1 rings (SSSR count). The first kappa shape index (κ1) is 15.0. The molecule has 0 aromatic heterocycles. The molecule has 0 spiro atoms. The minimum Gasteiger partial charge on any atom is -0.481 e. The lowest BCUT2D eigenvalue weighted by Crippen LogP contribution is -2.51. The van der Waals surface area contributed by atoms with Crippen LogP contribution < -0.4 is 0 Å². The highest BCUT2D eigenvalue weighted by Gasteiger charge is 2.32. The largest absolute Gasteiger partial charge is 0.481 e. The van der Waals surface area contributed by atoms with Crippen LogP contribution in [0.25, 0.3) is 0 Å². The number of nitrogens with zero attached hydrogens (tertiary/aromatic N) is 1. The zero-order chi connectivity index (χ0) is 13.7. The van der Waals surface area contributed by atoms with Gasteiger partial charge >= 0.3 is 5.97 Å². The summed E-state index contributed by atoms with van der Waals surface area (Å²) in [5.41, 5.74) is 0. The minimum atomic E-state index is -0.889. The second kappa shape index (κ2) is 6.73. The summed E-state index contributed by atoms with van der Waals surface area (Å²) in [6.07, 6.45) is 0.903. The number of carbonyl (C=O) groups excluding carboxylic acids is 1. The Labute approximate surface area is 108 Å². The second-order valence-electron chi connectivity index (χ2n) is 5.03. The summed E-state index contributed by atoms with van der Waals surface area (Å²) in [6, 6.07) is -0.324. The van der Waals surface area contributed by atoms with Crippen molar-refractivity contribution in [3.8, 4) is 0 Å². The first-order valence-electron chi connectivity index (χ1n) is 6.57. The van der Waals surface area contributed by atoms with E-state index in [1.165, 1.54) is 0 Å². The molecule has 0 aromatic carbocycles. The van der Waals surface area contributed by atoms with E-state index in [-0.39, 0.29) is 24.3 Å². The molecule has 0 bridgehead atoms. The van der Waals surface area contributed by atoms with Crippen molar-refractivity contribution in [3.05, 3.63) is 0 Å². The third-order valence-corrected chi connectivity index (χ3v) is 3.81. The molecule has 0 saturated carbocycles. The molecule has 1 saturated heterocycles. The van der Waals surface area contributed by atoms with E-state index in [1.807, 2.05) is 6.92 Å². The predicted molar refractivity (Wildman–Crippen MR) is 67.2 cm³/mol. The standard InChI is InChI=1S/C13H23NO4/c1-4-9(2)10(3)13(17)14-5-6-18-8-11(14)7-12(15)16/h9-11H,4-8H2,1-3H3,(H,15,16). The van der Waals surface area contributed by atoms with Gasteiger partial charge in [-0.25, -0.2) is 0 Å². The van der Waals surface area contributed by atoms with Gasteiger partial charge in [-0.2, -0.15) is 0 Å². The zero-order valence-electron chi connectivity index (χ0n) is 11.4. The lowest BCUT2D eigenvalue weighted by Gasteiger charge is -2.37. The molecule has 3 unspecified atom stereocenters. The predicted octanol–water partition coefficient (Wildman–Crippen LogP) is 1.37. The fourth-order valence-corrected chi connectivity index (χ4v) is 2.17. The van der Waals surface area contributed by atoms with Crippen LogP contribution in [0.15, 0.2) is 0 Å². The van der Waals surface area contributed by atoms with Crippen LogP contribution in [0.5, 0.6) is 0 Å². The summed E-state index contributed by atoms with van der Waals surface area (Å²) < 4.78 is 5.27. The fraction of sp³-hybridized carbons (Fsp3) is 0.846. The number of morpholine rings is 1. The van der Waals surface area contributed by atoms with E-state index in [4.69, 9.17) is 9.84 Å². The molecule has 0 radical (unpaired) electrons.